The van der Waals surface area contributed by atoms with Gasteiger partial charge < -0.3 is 10.4 Å². The summed E-state index contributed by atoms with van der Waals surface area (Å²) in [5.41, 5.74) is 0.868. The highest BCUT2D eigenvalue weighted by Crippen LogP contribution is 2.28. The van der Waals surface area contributed by atoms with Crippen molar-refractivity contribution in [3.63, 3.8) is 0 Å². The van der Waals surface area contributed by atoms with Crippen molar-refractivity contribution in [2.45, 2.75) is 25.9 Å². The van der Waals surface area contributed by atoms with Crippen molar-refractivity contribution >= 4 is 21.6 Å². The first-order valence-electron chi connectivity index (χ1n) is 5.36. The van der Waals surface area contributed by atoms with Gasteiger partial charge in [0.25, 0.3) is 5.69 Å². The van der Waals surface area contributed by atoms with E-state index < -0.39 is 4.92 Å². The third-order valence-electron chi connectivity index (χ3n) is 2.55. The van der Waals surface area contributed by atoms with E-state index in [9.17, 15) is 10.1 Å². The van der Waals surface area contributed by atoms with Crippen LogP contribution in [0.15, 0.2) is 22.7 Å². The van der Waals surface area contributed by atoms with Gasteiger partial charge in [0.1, 0.15) is 0 Å². The highest BCUT2D eigenvalue weighted by Gasteiger charge is 2.15. The summed E-state index contributed by atoms with van der Waals surface area (Å²) >= 11 is 3.23. The fourth-order valence-electron chi connectivity index (χ4n) is 1.44. The molecule has 17 heavy (non-hydrogen) atoms. The number of halogens is 1. The summed E-state index contributed by atoms with van der Waals surface area (Å²) in [7, 11) is 0. The highest BCUT2D eigenvalue weighted by molar-refractivity contribution is 9.10. The molecule has 94 valence electrons. The molecule has 6 heteroatoms. The zero-order chi connectivity index (χ0) is 12.8. The predicted molar refractivity (Wildman–Crippen MR) is 68.8 cm³/mol. The van der Waals surface area contributed by atoms with Crippen LogP contribution in [0.2, 0.25) is 0 Å². The molecule has 1 unspecified atom stereocenters. The third-order valence-corrected chi connectivity index (χ3v) is 3.46. The number of aliphatic hydroxyl groups excluding tert-OH is 1. The SMILES string of the molecule is CCC(CO)NCc1cccc([N+](=O)[O-])c1Br. The lowest BCUT2D eigenvalue weighted by molar-refractivity contribution is -0.385. The molecule has 0 saturated heterocycles. The van der Waals surface area contributed by atoms with Gasteiger partial charge in [-0.3, -0.25) is 10.1 Å². The maximum Gasteiger partial charge on any atom is 0.283 e. The fourth-order valence-corrected chi connectivity index (χ4v) is 1.99. The largest absolute Gasteiger partial charge is 0.395 e. The van der Waals surface area contributed by atoms with Crippen LogP contribution in [0, 0.1) is 10.1 Å². The van der Waals surface area contributed by atoms with Gasteiger partial charge in [-0.05, 0) is 27.9 Å². The number of aliphatic hydroxyl groups is 1. The standard InChI is InChI=1S/C11H15BrN2O3/c1-2-9(7-15)13-6-8-4-3-5-10(11(8)12)14(16)17/h3-5,9,13,15H,2,6-7H2,1H3. The van der Waals surface area contributed by atoms with Crippen molar-refractivity contribution < 1.29 is 10.0 Å². The number of nitrogens with zero attached hydrogens (tertiary/aromatic N) is 1. The Labute approximate surface area is 108 Å². The molecule has 0 fully saturated rings. The van der Waals surface area contributed by atoms with E-state index in [-0.39, 0.29) is 18.3 Å². The maximum atomic E-state index is 10.7. The molecule has 0 amide bonds. The van der Waals surface area contributed by atoms with E-state index in [2.05, 4.69) is 21.2 Å². The van der Waals surface area contributed by atoms with Crippen LogP contribution < -0.4 is 5.32 Å². The number of hydrogen-bond acceptors (Lipinski definition) is 4. The molecule has 0 bridgehead atoms. The lowest BCUT2D eigenvalue weighted by Gasteiger charge is -2.14. The van der Waals surface area contributed by atoms with Crippen LogP contribution >= 0.6 is 15.9 Å². The monoisotopic (exact) mass is 302 g/mol. The van der Waals surface area contributed by atoms with Crippen molar-refractivity contribution in [3.05, 3.63) is 38.3 Å². The second-order valence-electron chi connectivity index (χ2n) is 3.68. The van der Waals surface area contributed by atoms with Gasteiger partial charge in [0, 0.05) is 18.7 Å². The topological polar surface area (TPSA) is 75.4 Å². The quantitative estimate of drug-likeness (QED) is 0.624. The zero-order valence-corrected chi connectivity index (χ0v) is 11.1. The van der Waals surface area contributed by atoms with E-state index >= 15 is 0 Å². The lowest BCUT2D eigenvalue weighted by Crippen LogP contribution is -2.31. The first-order valence-corrected chi connectivity index (χ1v) is 6.15. The van der Waals surface area contributed by atoms with Gasteiger partial charge in [0.05, 0.1) is 16.0 Å². The normalized spacial score (nSPS) is 12.4. The molecule has 0 heterocycles. The van der Waals surface area contributed by atoms with E-state index in [0.717, 1.165) is 12.0 Å². The first kappa shape index (κ1) is 14.1. The van der Waals surface area contributed by atoms with Crippen molar-refractivity contribution in [3.8, 4) is 0 Å². The number of nitro groups is 1. The average Bonchev–Trinajstić information content (AvgIpc) is 2.32. The van der Waals surface area contributed by atoms with Crippen molar-refractivity contribution in [1.82, 2.24) is 5.32 Å². The molecule has 0 aliphatic carbocycles. The van der Waals surface area contributed by atoms with Crippen molar-refractivity contribution in [2.75, 3.05) is 6.61 Å². The Morgan fingerprint density at radius 1 is 1.59 bits per heavy atom. The van der Waals surface area contributed by atoms with Crippen molar-refractivity contribution in [2.24, 2.45) is 0 Å². The minimum atomic E-state index is -0.420. The number of nitrogens with one attached hydrogen (secondary N) is 1. The molecule has 0 saturated carbocycles. The van der Waals surface area contributed by atoms with Crippen LogP contribution in [0.1, 0.15) is 18.9 Å². The molecule has 2 N–H and O–H groups in total. The minimum absolute atomic E-state index is 0.0150. The molecule has 0 aliphatic rings. The molecule has 0 radical (unpaired) electrons. The van der Waals surface area contributed by atoms with Gasteiger partial charge in [-0.25, -0.2) is 0 Å². The highest BCUT2D eigenvalue weighted by atomic mass is 79.9. The van der Waals surface area contributed by atoms with E-state index in [1.54, 1.807) is 6.07 Å². The molecule has 1 aromatic rings. The molecule has 1 aromatic carbocycles. The van der Waals surface area contributed by atoms with Crippen LogP contribution in [0.3, 0.4) is 0 Å². The van der Waals surface area contributed by atoms with Crippen LogP contribution in [-0.4, -0.2) is 22.7 Å². The van der Waals surface area contributed by atoms with Gasteiger partial charge in [-0.2, -0.15) is 0 Å². The summed E-state index contributed by atoms with van der Waals surface area (Å²) in [4.78, 5) is 10.3. The minimum Gasteiger partial charge on any atom is -0.395 e. The van der Waals surface area contributed by atoms with Crippen molar-refractivity contribution in [1.29, 1.82) is 0 Å². The van der Waals surface area contributed by atoms with E-state index in [4.69, 9.17) is 5.11 Å². The number of nitro benzene ring substituents is 1. The van der Waals surface area contributed by atoms with E-state index in [1.807, 2.05) is 13.0 Å². The smallest absolute Gasteiger partial charge is 0.283 e. The van der Waals surface area contributed by atoms with Gasteiger partial charge in [-0.1, -0.05) is 19.1 Å². The van der Waals surface area contributed by atoms with Gasteiger partial charge >= 0.3 is 0 Å². The Kier molecular flexibility index (Phi) is 5.54. The zero-order valence-electron chi connectivity index (χ0n) is 9.52. The first-order chi connectivity index (χ1) is 8.10. The summed E-state index contributed by atoms with van der Waals surface area (Å²) in [5, 5.41) is 22.9. The molecule has 1 atom stereocenters. The molecule has 0 aromatic heterocycles. The molecule has 5 nitrogen and oxygen atoms in total. The number of benzene rings is 1. The summed E-state index contributed by atoms with van der Waals surface area (Å²) in [6.07, 6.45) is 0.809. The molecular formula is C11H15BrN2O3. The molecule has 0 spiro atoms. The van der Waals surface area contributed by atoms with Gasteiger partial charge in [0.15, 0.2) is 0 Å². The predicted octanol–water partition coefficient (Wildman–Crippen LogP) is 2.22. The van der Waals surface area contributed by atoms with Crippen LogP contribution in [0.4, 0.5) is 5.69 Å². The maximum absolute atomic E-state index is 10.7. The number of hydrogen-bond donors (Lipinski definition) is 2. The summed E-state index contributed by atoms with van der Waals surface area (Å²) in [6, 6.07) is 4.94. The second kappa shape index (κ2) is 6.68. The van der Waals surface area contributed by atoms with E-state index in [1.165, 1.54) is 6.07 Å². The summed E-state index contributed by atoms with van der Waals surface area (Å²) in [6.45, 7) is 2.51. The third kappa shape index (κ3) is 3.76. The molecular weight excluding hydrogens is 288 g/mol. The Balaban J connectivity index is 2.78. The number of rotatable bonds is 6. The van der Waals surface area contributed by atoms with Gasteiger partial charge in [0.2, 0.25) is 0 Å². The molecule has 0 aliphatic heterocycles. The Morgan fingerprint density at radius 2 is 2.29 bits per heavy atom. The molecule has 1 rings (SSSR count). The Bertz CT molecular complexity index is 394. The van der Waals surface area contributed by atoms with Crippen LogP contribution in [-0.2, 0) is 6.54 Å². The Hall–Kier alpha value is -0.980. The van der Waals surface area contributed by atoms with Crippen LogP contribution in [0.25, 0.3) is 0 Å². The summed E-state index contributed by atoms with van der Waals surface area (Å²) in [5.74, 6) is 0. The summed E-state index contributed by atoms with van der Waals surface area (Å²) < 4.78 is 0.491. The van der Waals surface area contributed by atoms with E-state index in [0.29, 0.717) is 11.0 Å². The average molecular weight is 303 g/mol. The van der Waals surface area contributed by atoms with Crippen LogP contribution in [0.5, 0.6) is 0 Å². The lowest BCUT2D eigenvalue weighted by atomic mass is 10.1. The second-order valence-corrected chi connectivity index (χ2v) is 4.47. The Morgan fingerprint density at radius 3 is 2.82 bits per heavy atom. The fraction of sp³-hybridized carbons (Fsp3) is 0.455. The van der Waals surface area contributed by atoms with Gasteiger partial charge in [-0.15, -0.1) is 0 Å².